The average molecular weight is 870 g/mol. The fraction of sp³-hybridized carbons (Fsp3) is 0.400. The van der Waals surface area contributed by atoms with Crippen LogP contribution in [0.25, 0.3) is 44.6 Å². The number of furan rings is 1. The zero-order chi connectivity index (χ0) is 34.7. The van der Waals surface area contributed by atoms with Crippen LogP contribution in [-0.2, 0) is 26.5 Å². The Bertz CT molecular complexity index is 2050. The summed E-state index contributed by atoms with van der Waals surface area (Å²) in [7, 11) is -1.35. The molecule has 0 amide bonds. The van der Waals surface area contributed by atoms with Crippen molar-refractivity contribution < 1.29 is 24.5 Å². The fourth-order valence-corrected chi connectivity index (χ4v) is 9.58. The van der Waals surface area contributed by atoms with Gasteiger partial charge in [-0.05, 0) is 71.8 Å². The Labute approximate surface area is 319 Å². The molecule has 0 unspecified atom stereocenters. The molecule has 6 aromatic rings. The summed E-state index contributed by atoms with van der Waals surface area (Å²) >= 11 is 0. The van der Waals surface area contributed by atoms with E-state index in [0.29, 0.717) is 17.5 Å². The first-order valence-corrected chi connectivity index (χ1v) is 22.4. The zero-order valence-electron chi connectivity index (χ0n) is 30.9. The van der Waals surface area contributed by atoms with Crippen LogP contribution in [0.3, 0.4) is 0 Å². The first-order chi connectivity index (χ1) is 24.2. The minimum absolute atomic E-state index is 0. The predicted molar refractivity (Wildman–Crippen MR) is 211 cm³/mol. The van der Waals surface area contributed by atoms with Crippen LogP contribution in [0, 0.1) is 18.1 Å². The van der Waals surface area contributed by atoms with Crippen LogP contribution in [0.15, 0.2) is 83.5 Å². The number of hydrogen-bond acceptors (Lipinski definition) is 4. The summed E-state index contributed by atoms with van der Waals surface area (Å²) in [4.78, 5) is 14.1. The van der Waals surface area contributed by atoms with Crippen molar-refractivity contribution in [3.05, 3.63) is 108 Å². The van der Waals surface area contributed by atoms with Gasteiger partial charge in [0.25, 0.3) is 0 Å². The second kappa shape index (κ2) is 16.5. The second-order valence-corrected chi connectivity index (χ2v) is 20.9. The maximum Gasteiger partial charge on any atom is 0.216 e. The van der Waals surface area contributed by atoms with Gasteiger partial charge in [0.15, 0.2) is 0 Å². The molecule has 51 heavy (non-hydrogen) atoms. The van der Waals surface area contributed by atoms with Gasteiger partial charge >= 0.3 is 0 Å². The van der Waals surface area contributed by atoms with Crippen LogP contribution in [0.5, 0.6) is 0 Å². The minimum atomic E-state index is -1.35. The monoisotopic (exact) mass is 870 g/mol. The Morgan fingerprint density at radius 2 is 1.59 bits per heavy atom. The van der Waals surface area contributed by atoms with Gasteiger partial charge in [-0.3, -0.25) is 0 Å². The first kappa shape index (κ1) is 37.3. The molecule has 1 radical (unpaired) electrons. The summed E-state index contributed by atoms with van der Waals surface area (Å²) in [6.07, 6.45) is 17.6. The Morgan fingerprint density at radius 3 is 2.31 bits per heavy atom. The third-order valence-electron chi connectivity index (χ3n) is 10.8. The largest absolute Gasteiger partial charge is 0.486 e. The van der Waals surface area contributed by atoms with Crippen molar-refractivity contribution in [2.75, 3.05) is 0 Å². The summed E-state index contributed by atoms with van der Waals surface area (Å²) in [6.45, 7) is 11.6. The van der Waals surface area contributed by atoms with Crippen molar-refractivity contribution in [3.8, 4) is 22.5 Å². The van der Waals surface area contributed by atoms with Gasteiger partial charge in [0, 0.05) is 43.6 Å². The Morgan fingerprint density at radius 1 is 0.804 bits per heavy atom. The van der Waals surface area contributed by atoms with Crippen LogP contribution >= 0.6 is 0 Å². The molecular weight excluding hydrogens is 819 g/mol. The molecule has 0 N–H and O–H groups in total. The maximum absolute atomic E-state index is 6.23. The molecule has 2 aliphatic rings. The van der Waals surface area contributed by atoms with Gasteiger partial charge in [-0.1, -0.05) is 113 Å². The molecule has 8 rings (SSSR count). The van der Waals surface area contributed by atoms with E-state index in [1.807, 2.05) is 24.4 Å². The van der Waals surface area contributed by atoms with E-state index in [4.69, 9.17) is 14.4 Å². The van der Waals surface area contributed by atoms with Gasteiger partial charge < -0.3 is 14.4 Å². The fourth-order valence-electron chi connectivity index (χ4n) is 7.99. The van der Waals surface area contributed by atoms with E-state index < -0.39 is 8.07 Å². The van der Waals surface area contributed by atoms with Crippen molar-refractivity contribution >= 4 is 35.3 Å². The Kier molecular flexibility index (Phi) is 12.1. The molecule has 0 bridgehead atoms. The number of rotatable bonds is 7. The van der Waals surface area contributed by atoms with Crippen molar-refractivity contribution in [2.45, 2.75) is 110 Å². The van der Waals surface area contributed by atoms with Crippen molar-refractivity contribution in [1.29, 1.82) is 0 Å². The summed E-state index contributed by atoms with van der Waals surface area (Å²) in [6, 6.07) is 29.9. The van der Waals surface area contributed by atoms with Gasteiger partial charge in [-0.2, -0.15) is 0 Å². The van der Waals surface area contributed by atoms with E-state index in [9.17, 15) is 0 Å². The quantitative estimate of drug-likeness (QED) is 0.118. The van der Waals surface area contributed by atoms with E-state index in [2.05, 4.69) is 105 Å². The van der Waals surface area contributed by atoms with E-state index in [-0.39, 0.29) is 20.1 Å². The Hall–Kier alpha value is -3.44. The van der Waals surface area contributed by atoms with Crippen molar-refractivity contribution in [1.82, 2.24) is 15.0 Å². The molecule has 0 aliphatic heterocycles. The SMILES string of the molecule is CC(C)c1ccc2c(n1)oc1c(-c3cc(C4CCCCC4)ccn3)[c-]ccc12.C[Si](C)(C)c1cnc(-c2[c-]cccc2)cc1CC1CCCC1.[Ir]. The molecule has 4 heterocycles. The smallest absolute Gasteiger partial charge is 0.216 e. The average Bonchev–Trinajstić information content (AvgIpc) is 3.79. The van der Waals surface area contributed by atoms with Crippen molar-refractivity contribution in [2.24, 2.45) is 5.92 Å². The number of aromatic nitrogens is 3. The molecule has 0 atom stereocenters. The molecule has 2 fully saturated rings. The second-order valence-electron chi connectivity index (χ2n) is 15.9. The molecule has 4 nitrogen and oxygen atoms in total. The van der Waals surface area contributed by atoms with Crippen LogP contribution in [0.4, 0.5) is 0 Å². The van der Waals surface area contributed by atoms with Crippen LogP contribution in [0.1, 0.15) is 100 Å². The number of hydrogen-bond donors (Lipinski definition) is 0. The molecule has 267 valence electrons. The predicted octanol–water partition coefficient (Wildman–Crippen LogP) is 11.8. The van der Waals surface area contributed by atoms with E-state index in [1.54, 1.807) is 10.8 Å². The molecule has 0 saturated heterocycles. The Balaban J connectivity index is 0.000000178. The normalized spacial score (nSPS) is 15.6. The molecule has 2 aromatic carbocycles. The molecule has 2 aliphatic carbocycles. The summed E-state index contributed by atoms with van der Waals surface area (Å²) in [5.41, 5.74) is 9.59. The summed E-state index contributed by atoms with van der Waals surface area (Å²) in [5.74, 6) is 1.91. The molecule has 0 spiro atoms. The van der Waals surface area contributed by atoms with Gasteiger partial charge in [0.1, 0.15) is 0 Å². The van der Waals surface area contributed by atoms with Gasteiger partial charge in [0.2, 0.25) is 5.71 Å². The third-order valence-corrected chi connectivity index (χ3v) is 12.9. The van der Waals surface area contributed by atoms with Crippen molar-refractivity contribution in [3.63, 3.8) is 0 Å². The zero-order valence-corrected chi connectivity index (χ0v) is 34.3. The number of benzene rings is 2. The number of pyridine rings is 3. The third kappa shape index (κ3) is 8.62. The minimum Gasteiger partial charge on any atom is -0.486 e. The van der Waals surface area contributed by atoms with Crippen LogP contribution in [0.2, 0.25) is 19.6 Å². The molecule has 2 saturated carbocycles. The standard InChI is InChI=1S/C25H25N2O.C20H26NSi.Ir/c1-16(2)22-12-11-20-19-9-6-10-21(24(19)28-25(20)27-22)23-15-18(13-14-26-23)17-7-4-3-5-8-17;1-22(2,3)20-15-21-19(17-11-5-4-6-12-17)14-18(20)13-16-9-7-8-10-16;/h6,9,11-17H,3-5,7-8H2,1-2H3;4-6,11,14-16H,7-10,13H2,1-3H3;/q2*-1;. The maximum atomic E-state index is 6.23. The van der Waals surface area contributed by atoms with E-state index >= 15 is 0 Å². The van der Waals surface area contributed by atoms with E-state index in [1.165, 1.54) is 69.8 Å². The first-order valence-electron chi connectivity index (χ1n) is 18.9. The summed E-state index contributed by atoms with van der Waals surface area (Å²) < 4.78 is 6.23. The number of fused-ring (bicyclic) bond motifs is 3. The van der Waals surface area contributed by atoms with Crippen LogP contribution < -0.4 is 5.19 Å². The summed E-state index contributed by atoms with van der Waals surface area (Å²) in [5, 5.41) is 3.67. The number of nitrogens with zero attached hydrogens (tertiary/aromatic N) is 3. The van der Waals surface area contributed by atoms with Gasteiger partial charge in [-0.15, -0.1) is 54.1 Å². The molecule has 4 aromatic heterocycles. The topological polar surface area (TPSA) is 51.8 Å². The van der Waals surface area contributed by atoms with Gasteiger partial charge in [0.05, 0.1) is 13.7 Å². The van der Waals surface area contributed by atoms with Gasteiger partial charge in [-0.25, -0.2) is 4.98 Å². The van der Waals surface area contributed by atoms with Crippen LogP contribution in [-0.4, -0.2) is 23.0 Å². The van der Waals surface area contributed by atoms with E-state index in [0.717, 1.165) is 50.5 Å². The molecule has 6 heteroatoms. The molecular formula is C45H51IrN3OSi-2.